The van der Waals surface area contributed by atoms with Crippen molar-refractivity contribution in [3.05, 3.63) is 59.6 Å². The highest BCUT2D eigenvalue weighted by Gasteiger charge is 2.30. The van der Waals surface area contributed by atoms with Crippen molar-refractivity contribution < 1.29 is 17.6 Å². The second-order valence-corrected chi connectivity index (χ2v) is 9.15. The number of sulfone groups is 1. The second-order valence-electron chi connectivity index (χ2n) is 6.85. The number of carbonyl (C=O) groups excluding carboxylic acids is 1. The lowest BCUT2D eigenvalue weighted by atomic mass is 10.2. The summed E-state index contributed by atoms with van der Waals surface area (Å²) in [5.41, 5.74) is 1.58. The Labute approximate surface area is 179 Å². The molecule has 2 heterocycles. The van der Waals surface area contributed by atoms with Gasteiger partial charge in [0.25, 0.3) is 0 Å². The molecule has 0 spiro atoms. The topological polar surface area (TPSA) is 96.6 Å². The van der Waals surface area contributed by atoms with Gasteiger partial charge in [-0.15, -0.1) is 5.10 Å². The van der Waals surface area contributed by atoms with Gasteiger partial charge in [0.1, 0.15) is 5.75 Å². The number of aromatic nitrogens is 2. The summed E-state index contributed by atoms with van der Waals surface area (Å²) in [6.07, 6.45) is 0. The molecular formula is C20H19ClN4O4S. The molecule has 4 rings (SSSR count). The summed E-state index contributed by atoms with van der Waals surface area (Å²) in [5.74, 6) is -1.17. The first-order valence-corrected chi connectivity index (χ1v) is 11.4. The number of para-hydroxylation sites is 1. The van der Waals surface area contributed by atoms with Gasteiger partial charge in [0, 0.05) is 42.5 Å². The monoisotopic (exact) mass is 446 g/mol. The van der Waals surface area contributed by atoms with E-state index in [1.165, 1.54) is 0 Å². The zero-order valence-electron chi connectivity index (χ0n) is 15.9. The van der Waals surface area contributed by atoms with Gasteiger partial charge in [-0.2, -0.15) is 0 Å². The third-order valence-electron chi connectivity index (χ3n) is 4.81. The fraction of sp³-hybridized carbons (Fsp3) is 0.250. The zero-order valence-corrected chi connectivity index (χ0v) is 17.5. The third kappa shape index (κ3) is 4.47. The largest absolute Gasteiger partial charge is 0.408 e. The lowest BCUT2D eigenvalue weighted by Gasteiger charge is -2.36. The summed E-state index contributed by atoms with van der Waals surface area (Å²) in [4.78, 5) is 16.3. The molecule has 0 unspecified atom stereocenters. The van der Waals surface area contributed by atoms with Crippen LogP contribution in [0.4, 0.5) is 5.69 Å². The summed E-state index contributed by atoms with van der Waals surface area (Å²) in [5, 5.41) is 7.27. The first-order valence-electron chi connectivity index (χ1n) is 9.32. The highest BCUT2D eigenvalue weighted by molar-refractivity contribution is 7.91. The lowest BCUT2D eigenvalue weighted by molar-refractivity contribution is -0.128. The first-order chi connectivity index (χ1) is 14.4. The van der Waals surface area contributed by atoms with Crippen molar-refractivity contribution in [1.29, 1.82) is 0 Å². The number of halogens is 1. The number of anilines is 1. The summed E-state index contributed by atoms with van der Waals surface area (Å²) < 4.78 is 30.5. The first kappa shape index (κ1) is 20.4. The predicted molar refractivity (Wildman–Crippen MR) is 112 cm³/mol. The van der Waals surface area contributed by atoms with Crippen LogP contribution in [0.2, 0.25) is 5.02 Å². The fourth-order valence-corrected chi connectivity index (χ4v) is 4.43. The average molecular weight is 447 g/mol. The Morgan fingerprint density at radius 3 is 2.43 bits per heavy atom. The molecule has 1 amide bonds. The molecule has 156 valence electrons. The van der Waals surface area contributed by atoms with Crippen molar-refractivity contribution in [3.63, 3.8) is 0 Å². The molecule has 1 aliphatic heterocycles. The molecule has 1 aliphatic rings. The molecule has 0 N–H and O–H groups in total. The molecule has 0 saturated carbocycles. The van der Waals surface area contributed by atoms with Crippen LogP contribution < -0.4 is 4.90 Å². The number of hydrogen-bond donors (Lipinski definition) is 0. The Morgan fingerprint density at radius 2 is 1.73 bits per heavy atom. The van der Waals surface area contributed by atoms with E-state index in [1.807, 2.05) is 30.3 Å². The summed E-state index contributed by atoms with van der Waals surface area (Å²) in [6, 6.07) is 16.5. The van der Waals surface area contributed by atoms with Gasteiger partial charge in [0.15, 0.2) is 0 Å². The fourth-order valence-electron chi connectivity index (χ4n) is 3.24. The molecule has 1 aromatic heterocycles. The standard InChI is InChI=1S/C20H19ClN4O4S/c21-16-6-4-5-15(13-16)19-22-23-20(29-19)30(27,28)14-18(26)25-11-9-24(10-12-25)17-7-2-1-3-8-17/h1-8,13H,9-12,14H2. The van der Waals surface area contributed by atoms with Gasteiger partial charge in [-0.3, -0.25) is 4.79 Å². The zero-order chi connectivity index (χ0) is 21.1. The normalized spacial score (nSPS) is 14.7. The number of benzene rings is 2. The van der Waals surface area contributed by atoms with Crippen molar-refractivity contribution >= 4 is 33.0 Å². The number of carbonyl (C=O) groups is 1. The highest BCUT2D eigenvalue weighted by atomic mass is 35.5. The van der Waals surface area contributed by atoms with Gasteiger partial charge in [-0.05, 0) is 30.3 Å². The summed E-state index contributed by atoms with van der Waals surface area (Å²) in [6.45, 7) is 2.16. The Balaban J connectivity index is 1.40. The predicted octanol–water partition coefficient (Wildman–Crippen LogP) is 2.51. The van der Waals surface area contributed by atoms with E-state index in [-0.39, 0.29) is 5.89 Å². The second kappa shape index (κ2) is 8.45. The number of hydrogen-bond acceptors (Lipinski definition) is 7. The number of nitrogens with zero attached hydrogens (tertiary/aromatic N) is 4. The van der Waals surface area contributed by atoms with E-state index >= 15 is 0 Å². The van der Waals surface area contributed by atoms with Gasteiger partial charge < -0.3 is 14.2 Å². The van der Waals surface area contributed by atoms with E-state index in [1.54, 1.807) is 29.2 Å². The van der Waals surface area contributed by atoms with E-state index in [0.29, 0.717) is 36.8 Å². The maximum atomic E-state index is 12.6. The highest BCUT2D eigenvalue weighted by Crippen LogP contribution is 2.23. The van der Waals surface area contributed by atoms with Gasteiger partial charge in [0.2, 0.25) is 21.6 Å². The molecular weight excluding hydrogens is 428 g/mol. The van der Waals surface area contributed by atoms with E-state index in [2.05, 4.69) is 15.1 Å². The molecule has 10 heteroatoms. The molecule has 1 saturated heterocycles. The van der Waals surface area contributed by atoms with Crippen LogP contribution in [-0.4, -0.2) is 61.4 Å². The quantitative estimate of drug-likeness (QED) is 0.594. The molecule has 0 atom stereocenters. The molecule has 30 heavy (non-hydrogen) atoms. The van der Waals surface area contributed by atoms with Crippen LogP contribution in [0.5, 0.6) is 0 Å². The Hall–Kier alpha value is -2.91. The summed E-state index contributed by atoms with van der Waals surface area (Å²) in [7, 11) is -4.05. The Morgan fingerprint density at radius 1 is 1.00 bits per heavy atom. The van der Waals surface area contributed by atoms with E-state index in [9.17, 15) is 13.2 Å². The van der Waals surface area contributed by atoms with E-state index in [0.717, 1.165) is 5.69 Å². The van der Waals surface area contributed by atoms with Crippen LogP contribution in [-0.2, 0) is 14.6 Å². The smallest absolute Gasteiger partial charge is 0.336 e. The summed E-state index contributed by atoms with van der Waals surface area (Å²) >= 11 is 5.93. The minimum atomic E-state index is -4.05. The van der Waals surface area contributed by atoms with Gasteiger partial charge in [-0.1, -0.05) is 41.0 Å². The van der Waals surface area contributed by atoms with E-state index in [4.69, 9.17) is 16.0 Å². The molecule has 0 bridgehead atoms. The number of rotatable bonds is 5. The maximum Gasteiger partial charge on any atom is 0.336 e. The third-order valence-corrected chi connectivity index (χ3v) is 6.37. The van der Waals surface area contributed by atoms with Gasteiger partial charge >= 0.3 is 5.22 Å². The van der Waals surface area contributed by atoms with Crippen LogP contribution in [0.3, 0.4) is 0 Å². The Kier molecular flexibility index (Phi) is 5.74. The Bertz CT molecular complexity index is 1140. The van der Waals surface area contributed by atoms with Crippen molar-refractivity contribution in [2.75, 3.05) is 36.8 Å². The van der Waals surface area contributed by atoms with Crippen LogP contribution in [0.1, 0.15) is 0 Å². The van der Waals surface area contributed by atoms with Gasteiger partial charge in [0.05, 0.1) is 0 Å². The van der Waals surface area contributed by atoms with Gasteiger partial charge in [-0.25, -0.2) is 8.42 Å². The average Bonchev–Trinajstić information content (AvgIpc) is 3.26. The molecule has 2 aromatic carbocycles. The maximum absolute atomic E-state index is 12.6. The molecule has 8 nitrogen and oxygen atoms in total. The van der Waals surface area contributed by atoms with Crippen LogP contribution in [0.25, 0.3) is 11.5 Å². The molecule has 0 aliphatic carbocycles. The number of piperazine rings is 1. The van der Waals surface area contributed by atoms with Crippen LogP contribution in [0.15, 0.2) is 64.2 Å². The SMILES string of the molecule is O=C(CS(=O)(=O)c1nnc(-c2cccc(Cl)c2)o1)N1CCN(c2ccccc2)CC1. The molecule has 1 fully saturated rings. The van der Waals surface area contributed by atoms with Crippen LogP contribution in [0, 0.1) is 0 Å². The molecule has 0 radical (unpaired) electrons. The van der Waals surface area contributed by atoms with Crippen molar-refractivity contribution in [2.24, 2.45) is 0 Å². The minimum Gasteiger partial charge on any atom is -0.408 e. The van der Waals surface area contributed by atoms with Crippen molar-refractivity contribution in [2.45, 2.75) is 5.22 Å². The van der Waals surface area contributed by atoms with Crippen molar-refractivity contribution in [1.82, 2.24) is 15.1 Å². The van der Waals surface area contributed by atoms with E-state index < -0.39 is 26.7 Å². The lowest BCUT2D eigenvalue weighted by Crippen LogP contribution is -2.50. The number of amides is 1. The van der Waals surface area contributed by atoms with Crippen LogP contribution >= 0.6 is 11.6 Å². The van der Waals surface area contributed by atoms with Crippen molar-refractivity contribution in [3.8, 4) is 11.5 Å². The molecule has 3 aromatic rings. The minimum absolute atomic E-state index is 0.0278.